The van der Waals surface area contributed by atoms with Gasteiger partial charge in [-0.1, -0.05) is 0 Å². The van der Waals surface area contributed by atoms with Crippen LogP contribution < -0.4 is 5.73 Å². The summed E-state index contributed by atoms with van der Waals surface area (Å²) >= 11 is 0. The normalized spacial score (nSPS) is 11.2. The summed E-state index contributed by atoms with van der Waals surface area (Å²) in [6.45, 7) is 3.67. The van der Waals surface area contributed by atoms with Crippen molar-refractivity contribution >= 4 is 17.1 Å². The quantitative estimate of drug-likeness (QED) is 0.694. The van der Waals surface area contributed by atoms with Crippen molar-refractivity contribution in [3.05, 3.63) is 29.8 Å². The minimum atomic E-state index is 0.173. The number of hydrogen-bond acceptors (Lipinski definition) is 5. The molecule has 5 heteroatoms. The Morgan fingerprint density at radius 1 is 1.12 bits per heavy atom. The Bertz CT molecular complexity index is 697. The Hall–Kier alpha value is -2.30. The first kappa shape index (κ1) is 9.89. The van der Waals surface area contributed by atoms with Crippen LogP contribution in [0.5, 0.6) is 0 Å². The van der Waals surface area contributed by atoms with Crippen LogP contribution in [0.25, 0.3) is 22.4 Å². The number of oxazole rings is 2. The molecular formula is C12H11N3O2. The maximum absolute atomic E-state index is 5.52. The zero-order valence-electron chi connectivity index (χ0n) is 9.52. The van der Waals surface area contributed by atoms with Crippen molar-refractivity contribution in [1.29, 1.82) is 0 Å². The van der Waals surface area contributed by atoms with Gasteiger partial charge in [-0.25, -0.2) is 4.98 Å². The minimum absolute atomic E-state index is 0.173. The molecule has 1 aromatic carbocycles. The van der Waals surface area contributed by atoms with Crippen molar-refractivity contribution in [2.45, 2.75) is 13.8 Å². The van der Waals surface area contributed by atoms with Crippen molar-refractivity contribution in [2.24, 2.45) is 0 Å². The molecule has 0 fully saturated rings. The molecule has 0 unspecified atom stereocenters. The number of nitrogens with zero attached hydrogens (tertiary/aromatic N) is 2. The molecule has 3 aromatic rings. The van der Waals surface area contributed by atoms with Gasteiger partial charge in [0.1, 0.15) is 5.52 Å². The van der Waals surface area contributed by atoms with E-state index in [-0.39, 0.29) is 6.01 Å². The summed E-state index contributed by atoms with van der Waals surface area (Å²) in [5.41, 5.74) is 8.73. The van der Waals surface area contributed by atoms with Crippen molar-refractivity contribution in [2.75, 3.05) is 5.73 Å². The summed E-state index contributed by atoms with van der Waals surface area (Å²) < 4.78 is 10.8. The maximum atomic E-state index is 5.52. The molecule has 0 amide bonds. The summed E-state index contributed by atoms with van der Waals surface area (Å²) in [4.78, 5) is 8.28. The zero-order chi connectivity index (χ0) is 12.0. The highest BCUT2D eigenvalue weighted by molar-refractivity contribution is 5.79. The number of anilines is 1. The second kappa shape index (κ2) is 3.35. The molecule has 0 aliphatic heterocycles. The van der Waals surface area contributed by atoms with Crippen LogP contribution in [0.3, 0.4) is 0 Å². The SMILES string of the molecule is Cc1nc2ccc(-c3oc(N)nc3C)cc2o1. The third-order valence-electron chi connectivity index (χ3n) is 2.57. The number of rotatable bonds is 1. The largest absolute Gasteiger partial charge is 0.441 e. The highest BCUT2D eigenvalue weighted by Gasteiger charge is 2.12. The lowest BCUT2D eigenvalue weighted by atomic mass is 10.1. The summed E-state index contributed by atoms with van der Waals surface area (Å²) in [6.07, 6.45) is 0. The molecular weight excluding hydrogens is 218 g/mol. The zero-order valence-corrected chi connectivity index (χ0v) is 9.52. The van der Waals surface area contributed by atoms with E-state index in [1.807, 2.05) is 32.0 Å². The smallest absolute Gasteiger partial charge is 0.292 e. The second-order valence-electron chi connectivity index (χ2n) is 3.88. The fourth-order valence-electron chi connectivity index (χ4n) is 1.87. The fourth-order valence-corrected chi connectivity index (χ4v) is 1.87. The second-order valence-corrected chi connectivity index (χ2v) is 3.88. The molecule has 17 heavy (non-hydrogen) atoms. The van der Waals surface area contributed by atoms with Gasteiger partial charge in [-0.05, 0) is 25.1 Å². The highest BCUT2D eigenvalue weighted by atomic mass is 16.4. The first-order valence-electron chi connectivity index (χ1n) is 5.24. The van der Waals surface area contributed by atoms with Gasteiger partial charge in [-0.15, -0.1) is 0 Å². The number of fused-ring (bicyclic) bond motifs is 1. The van der Waals surface area contributed by atoms with Gasteiger partial charge in [0.05, 0.1) is 5.69 Å². The molecule has 86 valence electrons. The molecule has 0 saturated heterocycles. The monoisotopic (exact) mass is 229 g/mol. The van der Waals surface area contributed by atoms with Gasteiger partial charge in [0.15, 0.2) is 17.2 Å². The average Bonchev–Trinajstić information content (AvgIpc) is 2.78. The summed E-state index contributed by atoms with van der Waals surface area (Å²) in [7, 11) is 0. The molecule has 0 spiro atoms. The maximum Gasteiger partial charge on any atom is 0.292 e. The van der Waals surface area contributed by atoms with Crippen LogP contribution in [0, 0.1) is 13.8 Å². The number of nitrogen functional groups attached to an aromatic ring is 1. The predicted octanol–water partition coefficient (Wildman–Crippen LogP) is 2.68. The summed E-state index contributed by atoms with van der Waals surface area (Å²) in [5.74, 6) is 1.31. The van der Waals surface area contributed by atoms with Crippen molar-refractivity contribution in [3.63, 3.8) is 0 Å². The molecule has 5 nitrogen and oxygen atoms in total. The van der Waals surface area contributed by atoms with Gasteiger partial charge in [0.2, 0.25) is 0 Å². The number of benzene rings is 1. The molecule has 0 aliphatic rings. The van der Waals surface area contributed by atoms with Gasteiger partial charge in [0, 0.05) is 12.5 Å². The van der Waals surface area contributed by atoms with Crippen LogP contribution in [0.4, 0.5) is 6.01 Å². The number of aryl methyl sites for hydroxylation is 2. The third-order valence-corrected chi connectivity index (χ3v) is 2.57. The molecule has 0 atom stereocenters. The first-order valence-corrected chi connectivity index (χ1v) is 5.24. The average molecular weight is 229 g/mol. The first-order chi connectivity index (χ1) is 8.13. The van der Waals surface area contributed by atoms with E-state index in [0.717, 1.165) is 22.4 Å². The number of nitrogens with two attached hydrogens (primary N) is 1. The third kappa shape index (κ3) is 1.56. The Labute approximate surface area is 97.3 Å². The van der Waals surface area contributed by atoms with Crippen LogP contribution >= 0.6 is 0 Å². The molecule has 3 rings (SSSR count). The van der Waals surface area contributed by atoms with E-state index in [9.17, 15) is 0 Å². The van der Waals surface area contributed by atoms with Gasteiger partial charge >= 0.3 is 0 Å². The lowest BCUT2D eigenvalue weighted by molar-refractivity contribution is 0.560. The van der Waals surface area contributed by atoms with E-state index >= 15 is 0 Å². The van der Waals surface area contributed by atoms with Crippen LogP contribution in [-0.4, -0.2) is 9.97 Å². The van der Waals surface area contributed by atoms with Crippen LogP contribution in [0.2, 0.25) is 0 Å². The van der Waals surface area contributed by atoms with Gasteiger partial charge in [-0.3, -0.25) is 0 Å². The summed E-state index contributed by atoms with van der Waals surface area (Å²) in [5, 5.41) is 0. The minimum Gasteiger partial charge on any atom is -0.441 e. The van der Waals surface area contributed by atoms with Crippen molar-refractivity contribution in [1.82, 2.24) is 9.97 Å². The van der Waals surface area contributed by atoms with E-state index in [1.54, 1.807) is 0 Å². The van der Waals surface area contributed by atoms with E-state index in [4.69, 9.17) is 14.6 Å². The number of hydrogen-bond donors (Lipinski definition) is 1. The fraction of sp³-hybridized carbons (Fsp3) is 0.167. The molecule has 0 radical (unpaired) electrons. The standard InChI is InChI=1S/C12H11N3O2/c1-6-11(17-12(13)14-6)8-3-4-9-10(5-8)16-7(2)15-9/h3-5H,1-2H3,(H2,13,14). The lowest BCUT2D eigenvalue weighted by Gasteiger charge is -1.96. The molecule has 0 bridgehead atoms. The van der Waals surface area contributed by atoms with E-state index in [2.05, 4.69) is 9.97 Å². The number of aromatic nitrogens is 2. The highest BCUT2D eigenvalue weighted by Crippen LogP contribution is 2.28. The van der Waals surface area contributed by atoms with Gasteiger partial charge in [0.25, 0.3) is 6.01 Å². The van der Waals surface area contributed by atoms with E-state index in [0.29, 0.717) is 11.7 Å². The van der Waals surface area contributed by atoms with Crippen LogP contribution in [0.15, 0.2) is 27.0 Å². The van der Waals surface area contributed by atoms with Gasteiger partial charge < -0.3 is 14.6 Å². The molecule has 2 heterocycles. The van der Waals surface area contributed by atoms with Crippen molar-refractivity contribution in [3.8, 4) is 11.3 Å². The topological polar surface area (TPSA) is 78.1 Å². The van der Waals surface area contributed by atoms with E-state index < -0.39 is 0 Å². The Kier molecular flexibility index (Phi) is 1.95. The van der Waals surface area contributed by atoms with Crippen LogP contribution in [-0.2, 0) is 0 Å². The molecule has 2 N–H and O–H groups in total. The van der Waals surface area contributed by atoms with Crippen molar-refractivity contribution < 1.29 is 8.83 Å². The van der Waals surface area contributed by atoms with Gasteiger partial charge in [-0.2, -0.15) is 4.98 Å². The molecule has 0 aliphatic carbocycles. The van der Waals surface area contributed by atoms with E-state index in [1.165, 1.54) is 0 Å². The predicted molar refractivity (Wildman–Crippen MR) is 63.4 cm³/mol. The summed E-state index contributed by atoms with van der Waals surface area (Å²) in [6, 6.07) is 5.85. The Morgan fingerprint density at radius 2 is 1.94 bits per heavy atom. The molecule has 2 aromatic heterocycles. The Morgan fingerprint density at radius 3 is 2.65 bits per heavy atom. The van der Waals surface area contributed by atoms with Crippen LogP contribution in [0.1, 0.15) is 11.6 Å². The lowest BCUT2D eigenvalue weighted by Crippen LogP contribution is -1.81. The Balaban J connectivity index is 2.20. The molecule has 0 saturated carbocycles.